The van der Waals surface area contributed by atoms with Crippen LogP contribution in [0.1, 0.15) is 33.1 Å². The van der Waals surface area contributed by atoms with Crippen LogP contribution in [0.5, 0.6) is 0 Å². The summed E-state index contributed by atoms with van der Waals surface area (Å²) in [5.74, 6) is 0.577. The van der Waals surface area contributed by atoms with Crippen molar-refractivity contribution in [3.63, 3.8) is 0 Å². The quantitative estimate of drug-likeness (QED) is 0.783. The van der Waals surface area contributed by atoms with Crippen molar-refractivity contribution in [3.8, 4) is 0 Å². The lowest BCUT2D eigenvalue weighted by Gasteiger charge is -2.36. The molecule has 2 aliphatic rings. The van der Waals surface area contributed by atoms with Crippen molar-refractivity contribution in [1.82, 2.24) is 14.7 Å². The molecule has 2 N–H and O–H groups in total. The Morgan fingerprint density at radius 3 is 2.23 bits per heavy atom. The van der Waals surface area contributed by atoms with Gasteiger partial charge in [0.1, 0.15) is 0 Å². The minimum Gasteiger partial charge on any atom is -0.342 e. The molecule has 2 unspecified atom stereocenters. The highest BCUT2D eigenvalue weighted by atomic mass is 16.2. The average molecular weight is 310 g/mol. The van der Waals surface area contributed by atoms with Crippen LogP contribution in [0.3, 0.4) is 0 Å². The molecule has 0 radical (unpaired) electrons. The third-order valence-corrected chi connectivity index (χ3v) is 4.98. The first-order valence-electron chi connectivity index (χ1n) is 8.59. The maximum absolute atomic E-state index is 12.5. The zero-order valence-electron chi connectivity index (χ0n) is 14.0. The van der Waals surface area contributed by atoms with Gasteiger partial charge >= 0.3 is 0 Å². The number of hydrogen-bond acceptors (Lipinski definition) is 4. The topological polar surface area (TPSA) is 69.9 Å². The van der Waals surface area contributed by atoms with Gasteiger partial charge in [-0.25, -0.2) is 0 Å². The zero-order chi connectivity index (χ0) is 16.1. The Labute approximate surface area is 133 Å². The van der Waals surface area contributed by atoms with Crippen LogP contribution >= 0.6 is 0 Å². The lowest BCUT2D eigenvalue weighted by atomic mass is 10.1. The van der Waals surface area contributed by atoms with E-state index in [0.29, 0.717) is 6.54 Å². The summed E-state index contributed by atoms with van der Waals surface area (Å²) < 4.78 is 0. The summed E-state index contributed by atoms with van der Waals surface area (Å²) in [6.45, 7) is 9.04. The van der Waals surface area contributed by atoms with Crippen LogP contribution in [0.2, 0.25) is 0 Å². The van der Waals surface area contributed by atoms with Crippen molar-refractivity contribution >= 4 is 11.8 Å². The average Bonchev–Trinajstić information content (AvgIpc) is 2.95. The summed E-state index contributed by atoms with van der Waals surface area (Å²) in [5, 5.41) is 0. The highest BCUT2D eigenvalue weighted by Gasteiger charge is 2.32. The molecule has 126 valence electrons. The van der Waals surface area contributed by atoms with Crippen molar-refractivity contribution < 1.29 is 9.59 Å². The molecule has 2 rings (SSSR count). The van der Waals surface area contributed by atoms with E-state index in [1.165, 1.54) is 0 Å². The molecule has 0 aromatic rings. The summed E-state index contributed by atoms with van der Waals surface area (Å²) in [6.07, 6.45) is 2.73. The molecule has 22 heavy (non-hydrogen) atoms. The predicted octanol–water partition coefficient (Wildman–Crippen LogP) is 0.126. The van der Waals surface area contributed by atoms with Gasteiger partial charge in [-0.15, -0.1) is 0 Å². The third-order valence-electron chi connectivity index (χ3n) is 4.98. The van der Waals surface area contributed by atoms with E-state index in [1.54, 1.807) is 0 Å². The maximum Gasteiger partial charge on any atom is 0.236 e. The third kappa shape index (κ3) is 4.20. The smallest absolute Gasteiger partial charge is 0.236 e. The molecule has 0 bridgehead atoms. The van der Waals surface area contributed by atoms with Crippen molar-refractivity contribution in [2.24, 2.45) is 11.7 Å². The van der Waals surface area contributed by atoms with Gasteiger partial charge in [0, 0.05) is 51.2 Å². The van der Waals surface area contributed by atoms with Crippen LogP contribution in [-0.2, 0) is 9.59 Å². The monoisotopic (exact) mass is 310 g/mol. The molecule has 2 amide bonds. The van der Waals surface area contributed by atoms with E-state index in [1.807, 2.05) is 23.6 Å². The van der Waals surface area contributed by atoms with Gasteiger partial charge in [0.25, 0.3) is 0 Å². The molecule has 0 spiro atoms. The molecule has 1 saturated heterocycles. The van der Waals surface area contributed by atoms with Crippen LogP contribution in [0.15, 0.2) is 0 Å². The molecule has 1 saturated carbocycles. The minimum absolute atomic E-state index is 0.124. The van der Waals surface area contributed by atoms with Crippen molar-refractivity contribution in [3.05, 3.63) is 0 Å². The lowest BCUT2D eigenvalue weighted by Crippen LogP contribution is -2.52. The van der Waals surface area contributed by atoms with Crippen LogP contribution in [0, 0.1) is 5.92 Å². The van der Waals surface area contributed by atoms with E-state index >= 15 is 0 Å². The highest BCUT2D eigenvalue weighted by molar-refractivity contribution is 5.80. The number of nitrogens with two attached hydrogens (primary N) is 1. The number of hydrogen-bond donors (Lipinski definition) is 1. The molecule has 1 aliphatic heterocycles. The second-order valence-corrected chi connectivity index (χ2v) is 6.44. The predicted molar refractivity (Wildman–Crippen MR) is 86.3 cm³/mol. The Morgan fingerprint density at radius 1 is 1.09 bits per heavy atom. The molecular weight excluding hydrogens is 280 g/mol. The van der Waals surface area contributed by atoms with Crippen LogP contribution in [0.4, 0.5) is 0 Å². The molecule has 0 aromatic heterocycles. The summed E-state index contributed by atoms with van der Waals surface area (Å²) in [6, 6.07) is 0.196. The highest BCUT2D eigenvalue weighted by Crippen LogP contribution is 2.26. The molecule has 0 aromatic carbocycles. The van der Waals surface area contributed by atoms with E-state index < -0.39 is 0 Å². The number of amides is 2. The van der Waals surface area contributed by atoms with Crippen molar-refractivity contribution in [1.29, 1.82) is 0 Å². The van der Waals surface area contributed by atoms with Crippen molar-refractivity contribution in [2.45, 2.75) is 39.2 Å². The fourth-order valence-corrected chi connectivity index (χ4v) is 3.49. The molecule has 2 fully saturated rings. The Morgan fingerprint density at radius 2 is 1.73 bits per heavy atom. The van der Waals surface area contributed by atoms with Crippen LogP contribution in [0.25, 0.3) is 0 Å². The summed E-state index contributed by atoms with van der Waals surface area (Å²) in [4.78, 5) is 30.6. The number of carbonyl (C=O) groups excluding carboxylic acids is 2. The molecule has 2 atom stereocenters. The fraction of sp³-hybridized carbons (Fsp3) is 0.875. The SMILES string of the molecule is CCN(CC)C(=O)CN1CCN(C(=O)C2CCC(N)C2)CC1. The normalized spacial score (nSPS) is 26.2. The first-order chi connectivity index (χ1) is 10.5. The zero-order valence-corrected chi connectivity index (χ0v) is 14.0. The standard InChI is InChI=1S/C16H30N4O2/c1-3-19(4-2)15(21)12-18-7-9-20(10-8-18)16(22)13-5-6-14(17)11-13/h13-14H,3-12,17H2,1-2H3. The summed E-state index contributed by atoms with van der Waals surface area (Å²) in [5.41, 5.74) is 5.90. The van der Waals surface area contributed by atoms with Gasteiger partial charge in [-0.05, 0) is 33.1 Å². The minimum atomic E-state index is 0.124. The first kappa shape index (κ1) is 17.2. The van der Waals surface area contributed by atoms with Gasteiger partial charge in [-0.2, -0.15) is 0 Å². The Balaban J connectivity index is 1.76. The van der Waals surface area contributed by atoms with Gasteiger partial charge in [0.05, 0.1) is 6.54 Å². The van der Waals surface area contributed by atoms with Crippen LogP contribution < -0.4 is 5.73 Å². The Hall–Kier alpha value is -1.14. The van der Waals surface area contributed by atoms with E-state index in [9.17, 15) is 9.59 Å². The second kappa shape index (κ2) is 7.92. The van der Waals surface area contributed by atoms with E-state index in [2.05, 4.69) is 4.90 Å². The molecule has 6 nitrogen and oxygen atoms in total. The first-order valence-corrected chi connectivity index (χ1v) is 8.59. The van der Waals surface area contributed by atoms with Crippen molar-refractivity contribution in [2.75, 3.05) is 45.8 Å². The molecule has 1 heterocycles. The van der Waals surface area contributed by atoms with E-state index in [4.69, 9.17) is 5.73 Å². The van der Waals surface area contributed by atoms with E-state index in [0.717, 1.165) is 58.5 Å². The summed E-state index contributed by atoms with van der Waals surface area (Å²) >= 11 is 0. The largest absolute Gasteiger partial charge is 0.342 e. The van der Waals surface area contributed by atoms with Gasteiger partial charge in [-0.3, -0.25) is 14.5 Å². The van der Waals surface area contributed by atoms with Gasteiger partial charge in [-0.1, -0.05) is 0 Å². The van der Waals surface area contributed by atoms with E-state index in [-0.39, 0.29) is 23.8 Å². The van der Waals surface area contributed by atoms with Gasteiger partial charge < -0.3 is 15.5 Å². The maximum atomic E-state index is 12.5. The molecular formula is C16H30N4O2. The summed E-state index contributed by atoms with van der Waals surface area (Å²) in [7, 11) is 0. The number of piperazine rings is 1. The Kier molecular flexibility index (Phi) is 6.20. The molecule has 1 aliphatic carbocycles. The number of carbonyl (C=O) groups is 2. The fourth-order valence-electron chi connectivity index (χ4n) is 3.49. The van der Waals surface area contributed by atoms with Gasteiger partial charge in [0.15, 0.2) is 0 Å². The molecule has 6 heteroatoms. The number of rotatable bonds is 5. The number of likely N-dealkylation sites (N-methyl/N-ethyl adjacent to an activating group) is 1. The van der Waals surface area contributed by atoms with Crippen LogP contribution in [-0.4, -0.2) is 78.4 Å². The number of nitrogens with zero attached hydrogens (tertiary/aromatic N) is 3. The Bertz CT molecular complexity index is 390. The second-order valence-electron chi connectivity index (χ2n) is 6.44. The lowest BCUT2D eigenvalue weighted by molar-refractivity contribution is -0.138. The van der Waals surface area contributed by atoms with Gasteiger partial charge in [0.2, 0.25) is 11.8 Å².